The van der Waals surface area contributed by atoms with E-state index >= 15 is 0 Å². The molecule has 4 heteroatoms. The van der Waals surface area contributed by atoms with Gasteiger partial charge in [-0.25, -0.2) is 0 Å². The lowest BCUT2D eigenvalue weighted by Gasteiger charge is -2.44. The molecule has 1 aromatic rings. The summed E-state index contributed by atoms with van der Waals surface area (Å²) in [5.74, 6) is 1.55. The van der Waals surface area contributed by atoms with Gasteiger partial charge in [-0.3, -0.25) is 0 Å². The van der Waals surface area contributed by atoms with Crippen LogP contribution in [0.25, 0.3) is 0 Å². The maximum absolute atomic E-state index is 5.38. The molecule has 2 rings (SSSR count). The number of benzene rings is 1. The van der Waals surface area contributed by atoms with E-state index < -0.39 is 0 Å². The predicted molar refractivity (Wildman–Crippen MR) is 78.4 cm³/mol. The first-order valence-electron chi connectivity index (χ1n) is 6.70. The minimum atomic E-state index is 0.116. The molecule has 4 nitrogen and oxygen atoms in total. The van der Waals surface area contributed by atoms with E-state index in [1.165, 1.54) is 5.69 Å². The fourth-order valence-corrected chi connectivity index (χ4v) is 2.85. The third-order valence-corrected chi connectivity index (χ3v) is 3.45. The molecule has 1 aliphatic heterocycles. The van der Waals surface area contributed by atoms with E-state index in [-0.39, 0.29) is 5.54 Å². The second-order valence-electron chi connectivity index (χ2n) is 5.85. The molecule has 0 aliphatic carbocycles. The highest BCUT2D eigenvalue weighted by atomic mass is 16.5. The van der Waals surface area contributed by atoms with E-state index in [4.69, 9.17) is 9.47 Å². The first-order chi connectivity index (χ1) is 8.95. The van der Waals surface area contributed by atoms with Crippen molar-refractivity contribution in [2.75, 3.05) is 32.2 Å². The summed E-state index contributed by atoms with van der Waals surface area (Å²) < 4.78 is 10.7. The first kappa shape index (κ1) is 14.0. The van der Waals surface area contributed by atoms with Gasteiger partial charge in [-0.1, -0.05) is 0 Å². The normalized spacial score (nSPS) is 22.2. The number of nitrogens with one attached hydrogen (secondary N) is 1. The zero-order chi connectivity index (χ0) is 14.0. The summed E-state index contributed by atoms with van der Waals surface area (Å²) in [5, 5.41) is 3.61. The number of piperazine rings is 1. The number of rotatable bonds is 3. The van der Waals surface area contributed by atoms with Gasteiger partial charge in [0.1, 0.15) is 0 Å². The minimum absolute atomic E-state index is 0.116. The number of hydrogen-bond acceptors (Lipinski definition) is 4. The van der Waals surface area contributed by atoms with Gasteiger partial charge in [-0.15, -0.1) is 0 Å². The molecule has 0 bridgehead atoms. The highest BCUT2D eigenvalue weighted by molar-refractivity contribution is 5.57. The van der Waals surface area contributed by atoms with Crippen LogP contribution >= 0.6 is 0 Å². The molecule has 0 aromatic heterocycles. The van der Waals surface area contributed by atoms with Crippen LogP contribution in [0, 0.1) is 0 Å². The Hall–Kier alpha value is -1.42. The van der Waals surface area contributed by atoms with Crippen molar-refractivity contribution in [3.8, 4) is 11.5 Å². The highest BCUT2D eigenvalue weighted by Gasteiger charge is 2.30. The van der Waals surface area contributed by atoms with Crippen LogP contribution in [0.2, 0.25) is 0 Å². The zero-order valence-corrected chi connectivity index (χ0v) is 12.5. The quantitative estimate of drug-likeness (QED) is 0.908. The fraction of sp³-hybridized carbons (Fsp3) is 0.600. The number of hydrogen-bond donors (Lipinski definition) is 1. The second kappa shape index (κ2) is 5.29. The average Bonchev–Trinajstić information content (AvgIpc) is 2.35. The van der Waals surface area contributed by atoms with Gasteiger partial charge in [0.05, 0.1) is 14.2 Å². The zero-order valence-electron chi connectivity index (χ0n) is 12.5. The van der Waals surface area contributed by atoms with Crippen molar-refractivity contribution in [2.24, 2.45) is 0 Å². The van der Waals surface area contributed by atoms with E-state index in [1.807, 2.05) is 12.1 Å². The molecule has 1 fully saturated rings. The molecule has 1 unspecified atom stereocenters. The van der Waals surface area contributed by atoms with Crippen molar-refractivity contribution < 1.29 is 9.47 Å². The lowest BCUT2D eigenvalue weighted by atomic mass is 9.98. The maximum atomic E-state index is 5.38. The number of ether oxygens (including phenoxy) is 2. The van der Waals surface area contributed by atoms with Crippen LogP contribution in [-0.2, 0) is 0 Å². The first-order valence-corrected chi connectivity index (χ1v) is 6.70. The largest absolute Gasteiger partial charge is 0.493 e. The number of anilines is 1. The molecule has 1 aliphatic rings. The van der Waals surface area contributed by atoms with Gasteiger partial charge in [0.15, 0.2) is 11.5 Å². The van der Waals surface area contributed by atoms with Crippen LogP contribution in [-0.4, -0.2) is 38.9 Å². The van der Waals surface area contributed by atoms with Crippen LogP contribution in [0.4, 0.5) is 5.69 Å². The third kappa shape index (κ3) is 3.13. The van der Waals surface area contributed by atoms with Crippen LogP contribution in [0.15, 0.2) is 18.2 Å². The van der Waals surface area contributed by atoms with E-state index in [1.54, 1.807) is 14.2 Å². The van der Waals surface area contributed by atoms with Crippen molar-refractivity contribution in [1.82, 2.24) is 5.32 Å². The van der Waals surface area contributed by atoms with Gasteiger partial charge in [-0.05, 0) is 32.9 Å². The molecular formula is C15H24N2O2. The van der Waals surface area contributed by atoms with Crippen molar-refractivity contribution in [3.63, 3.8) is 0 Å². The van der Waals surface area contributed by atoms with Gasteiger partial charge in [0, 0.05) is 36.4 Å². The summed E-state index contributed by atoms with van der Waals surface area (Å²) in [6, 6.07) is 6.58. The molecule has 1 saturated heterocycles. The Bertz CT molecular complexity index is 446. The molecule has 0 saturated carbocycles. The molecular weight excluding hydrogens is 240 g/mol. The van der Waals surface area contributed by atoms with Gasteiger partial charge >= 0.3 is 0 Å². The Morgan fingerprint density at radius 2 is 1.89 bits per heavy atom. The van der Waals surface area contributed by atoms with Crippen molar-refractivity contribution in [2.45, 2.75) is 32.4 Å². The second-order valence-corrected chi connectivity index (χ2v) is 5.85. The average molecular weight is 264 g/mol. The Balaban J connectivity index is 2.26. The molecule has 1 heterocycles. The molecule has 1 aromatic carbocycles. The Morgan fingerprint density at radius 1 is 1.21 bits per heavy atom. The third-order valence-electron chi connectivity index (χ3n) is 3.45. The van der Waals surface area contributed by atoms with Crippen LogP contribution in [0.5, 0.6) is 11.5 Å². The molecule has 0 amide bonds. The summed E-state index contributed by atoms with van der Waals surface area (Å²) in [5.41, 5.74) is 1.30. The van der Waals surface area contributed by atoms with E-state index in [0.29, 0.717) is 6.04 Å². The molecule has 19 heavy (non-hydrogen) atoms. The summed E-state index contributed by atoms with van der Waals surface area (Å²) in [6.45, 7) is 8.66. The van der Waals surface area contributed by atoms with Crippen LogP contribution in [0.1, 0.15) is 20.8 Å². The summed E-state index contributed by atoms with van der Waals surface area (Å²) in [7, 11) is 3.33. The van der Waals surface area contributed by atoms with E-state index in [0.717, 1.165) is 24.6 Å². The Morgan fingerprint density at radius 3 is 2.47 bits per heavy atom. The molecule has 106 valence electrons. The van der Waals surface area contributed by atoms with Crippen LogP contribution in [0.3, 0.4) is 0 Å². The van der Waals surface area contributed by atoms with E-state index in [9.17, 15) is 0 Å². The lowest BCUT2D eigenvalue weighted by Crippen LogP contribution is -2.61. The maximum Gasteiger partial charge on any atom is 0.162 e. The molecule has 1 N–H and O–H groups in total. The standard InChI is InChI=1S/C15H24N2O2/c1-11-9-17(10-15(2,3)16-11)12-6-7-13(18-4)14(8-12)19-5/h6-8,11,16H,9-10H2,1-5H3. The number of methoxy groups -OCH3 is 2. The van der Waals surface area contributed by atoms with E-state index in [2.05, 4.69) is 37.1 Å². The van der Waals surface area contributed by atoms with Gasteiger partial charge in [0.2, 0.25) is 0 Å². The fourth-order valence-electron chi connectivity index (χ4n) is 2.85. The highest BCUT2D eigenvalue weighted by Crippen LogP contribution is 2.32. The summed E-state index contributed by atoms with van der Waals surface area (Å²) in [6.07, 6.45) is 0. The molecule has 1 atom stereocenters. The van der Waals surface area contributed by atoms with Gasteiger partial charge in [0.25, 0.3) is 0 Å². The predicted octanol–water partition coefficient (Wildman–Crippen LogP) is 2.28. The molecule has 0 spiro atoms. The number of nitrogens with zero attached hydrogens (tertiary/aromatic N) is 1. The lowest BCUT2D eigenvalue weighted by molar-refractivity contribution is 0.301. The smallest absolute Gasteiger partial charge is 0.162 e. The minimum Gasteiger partial charge on any atom is -0.493 e. The topological polar surface area (TPSA) is 33.7 Å². The Kier molecular flexibility index (Phi) is 3.90. The van der Waals surface area contributed by atoms with Crippen molar-refractivity contribution in [3.05, 3.63) is 18.2 Å². The molecule has 0 radical (unpaired) electrons. The SMILES string of the molecule is COc1ccc(N2CC(C)NC(C)(C)C2)cc1OC. The van der Waals surface area contributed by atoms with Crippen molar-refractivity contribution in [1.29, 1.82) is 0 Å². The van der Waals surface area contributed by atoms with Gasteiger partial charge in [-0.2, -0.15) is 0 Å². The summed E-state index contributed by atoms with van der Waals surface area (Å²) in [4.78, 5) is 2.39. The van der Waals surface area contributed by atoms with Crippen LogP contribution < -0.4 is 19.7 Å². The van der Waals surface area contributed by atoms with Gasteiger partial charge < -0.3 is 19.7 Å². The monoisotopic (exact) mass is 264 g/mol. The summed E-state index contributed by atoms with van der Waals surface area (Å²) >= 11 is 0. The Labute approximate surface area is 115 Å². The van der Waals surface area contributed by atoms with Crippen molar-refractivity contribution >= 4 is 5.69 Å².